The van der Waals surface area contributed by atoms with Crippen LogP contribution in [0.5, 0.6) is 0 Å². The molecule has 2 aromatic rings. The van der Waals surface area contributed by atoms with E-state index in [2.05, 4.69) is 0 Å². The van der Waals surface area contributed by atoms with Gasteiger partial charge in [-0.05, 0) is 24.3 Å². The van der Waals surface area contributed by atoms with Crippen LogP contribution in [0.4, 0.5) is 0 Å². The third-order valence-electron chi connectivity index (χ3n) is 1.93. The molecule has 0 amide bonds. The zero-order chi connectivity index (χ0) is 13.4. The minimum absolute atomic E-state index is 0. The van der Waals surface area contributed by atoms with Gasteiger partial charge in [0.05, 0.1) is 0 Å². The second kappa shape index (κ2) is 9.93. The van der Waals surface area contributed by atoms with Crippen LogP contribution in [0.1, 0.15) is 0 Å². The maximum absolute atomic E-state index is 10.2. The Morgan fingerprint density at radius 1 is 0.632 bits per heavy atom. The van der Waals surface area contributed by atoms with Crippen molar-refractivity contribution < 1.29 is 35.7 Å². The Morgan fingerprint density at radius 2 is 0.895 bits per heavy atom. The fourth-order valence-electron chi connectivity index (χ4n) is 1.10. The summed E-state index contributed by atoms with van der Waals surface area (Å²) in [5.74, 6) is 0. The van der Waals surface area contributed by atoms with E-state index in [0.717, 1.165) is 0 Å². The molecule has 4 nitrogen and oxygen atoms in total. The minimum Gasteiger partial charge on any atom is -0.591 e. The summed E-state index contributed by atoms with van der Waals surface area (Å²) in [6.07, 6.45) is 0. The fourth-order valence-corrected chi connectivity index (χ4v) is 1.93. The van der Waals surface area contributed by atoms with Crippen molar-refractivity contribution in [2.45, 2.75) is 0 Å². The van der Waals surface area contributed by atoms with Gasteiger partial charge in [0.25, 0.3) is 0 Å². The first-order valence-electron chi connectivity index (χ1n) is 5.00. The van der Waals surface area contributed by atoms with Gasteiger partial charge in [0.2, 0.25) is 0 Å². The van der Waals surface area contributed by atoms with E-state index in [0.29, 0.717) is 10.6 Å². The van der Waals surface area contributed by atoms with Gasteiger partial charge in [-0.2, -0.15) is 0 Å². The van der Waals surface area contributed by atoms with Crippen molar-refractivity contribution in [3.63, 3.8) is 0 Å². The molecule has 19 heavy (non-hydrogen) atoms. The summed E-state index contributed by atoms with van der Waals surface area (Å²) in [6, 6.07) is 16.6. The standard InChI is InChI=1S/2C6H5O2P.Co/c2*7-9(8)6-4-2-1-3-5-6;/h2*1-5H;/q;;+2. The Hall–Kier alpha value is -0.934. The molecule has 0 N–H and O–H groups in total. The van der Waals surface area contributed by atoms with Crippen molar-refractivity contribution in [3.8, 4) is 0 Å². The smallest absolute Gasteiger partial charge is 0.591 e. The Balaban J connectivity index is 0.000000324. The monoisotopic (exact) mass is 339 g/mol. The van der Waals surface area contributed by atoms with Crippen LogP contribution in [-0.4, -0.2) is 0 Å². The van der Waals surface area contributed by atoms with Crippen molar-refractivity contribution in [2.75, 3.05) is 0 Å². The summed E-state index contributed by atoms with van der Waals surface area (Å²) < 4.78 is 20.5. The molecule has 7 heteroatoms. The van der Waals surface area contributed by atoms with E-state index in [4.69, 9.17) is 0 Å². The van der Waals surface area contributed by atoms with E-state index in [1.807, 2.05) is 0 Å². The molecular formula is C12H10CoO4P2+2. The molecule has 0 aliphatic carbocycles. The van der Waals surface area contributed by atoms with Gasteiger partial charge in [-0.1, -0.05) is 45.5 Å². The predicted octanol–water partition coefficient (Wildman–Crippen LogP) is 0.827. The van der Waals surface area contributed by atoms with Crippen LogP contribution in [0.3, 0.4) is 0 Å². The molecule has 0 spiro atoms. The topological polar surface area (TPSA) is 80.3 Å². The number of benzene rings is 2. The summed E-state index contributed by atoms with van der Waals surface area (Å²) >= 11 is 0. The molecule has 2 atom stereocenters. The molecule has 0 fully saturated rings. The Bertz CT molecular complexity index is 470. The van der Waals surface area contributed by atoms with Gasteiger partial charge in [-0.25, -0.2) is 0 Å². The van der Waals surface area contributed by atoms with Gasteiger partial charge in [0.15, 0.2) is 10.6 Å². The Kier molecular flexibility index (Phi) is 9.44. The van der Waals surface area contributed by atoms with Gasteiger partial charge >= 0.3 is 32.8 Å². The number of rotatable bonds is 2. The quantitative estimate of drug-likeness (QED) is 0.759. The second-order valence-corrected chi connectivity index (χ2v) is 5.25. The molecule has 0 saturated heterocycles. The van der Waals surface area contributed by atoms with E-state index in [-0.39, 0.29) is 16.8 Å². The Labute approximate surface area is 123 Å². The maximum Gasteiger partial charge on any atom is 2.00 e. The molecule has 2 unspecified atom stereocenters. The summed E-state index contributed by atoms with van der Waals surface area (Å²) in [4.78, 5) is 20.5. The zero-order valence-corrected chi connectivity index (χ0v) is 12.5. The molecule has 2 rings (SSSR count). The van der Waals surface area contributed by atoms with Crippen LogP contribution < -0.4 is 20.4 Å². The third kappa shape index (κ3) is 7.28. The van der Waals surface area contributed by atoms with Gasteiger partial charge in [0.1, 0.15) is 0 Å². The summed E-state index contributed by atoms with van der Waals surface area (Å²) in [5.41, 5.74) is 0. The average molecular weight is 339 g/mol. The van der Waals surface area contributed by atoms with E-state index >= 15 is 0 Å². The Morgan fingerprint density at radius 3 is 1.05 bits per heavy atom. The molecule has 2 aromatic carbocycles. The predicted molar refractivity (Wildman–Crippen MR) is 67.4 cm³/mol. The van der Waals surface area contributed by atoms with E-state index in [1.165, 1.54) is 0 Å². The van der Waals surface area contributed by atoms with Crippen LogP contribution in [0.15, 0.2) is 60.7 Å². The first-order valence-corrected chi connectivity index (χ1v) is 7.35. The maximum atomic E-state index is 10.2. The average Bonchev–Trinajstić information content (AvgIpc) is 2.41. The molecule has 1 radical (unpaired) electrons. The molecule has 0 aromatic heterocycles. The molecule has 0 aliphatic heterocycles. The molecule has 0 bridgehead atoms. The zero-order valence-electron chi connectivity index (χ0n) is 9.63. The van der Waals surface area contributed by atoms with Crippen molar-refractivity contribution in [3.05, 3.63) is 60.7 Å². The molecular weight excluding hydrogens is 329 g/mol. The van der Waals surface area contributed by atoms with Crippen molar-refractivity contribution >= 4 is 26.7 Å². The van der Waals surface area contributed by atoms with Gasteiger partial charge in [0, 0.05) is 0 Å². The van der Waals surface area contributed by atoms with Crippen molar-refractivity contribution in [2.24, 2.45) is 0 Å². The molecule has 0 heterocycles. The van der Waals surface area contributed by atoms with Crippen LogP contribution >= 0.6 is 16.1 Å². The largest absolute Gasteiger partial charge is 2.00 e. The molecule has 0 aliphatic rings. The third-order valence-corrected chi connectivity index (χ3v) is 3.37. The first-order chi connectivity index (χ1) is 8.61. The van der Waals surface area contributed by atoms with Gasteiger partial charge < -0.3 is 9.79 Å². The SMILES string of the molecule is O=[P+]([O-])c1ccccc1.O=[P+]([O-])c1ccccc1.[Co+2]. The van der Waals surface area contributed by atoms with Crippen molar-refractivity contribution in [1.29, 1.82) is 0 Å². The van der Waals surface area contributed by atoms with Crippen LogP contribution in [0.25, 0.3) is 0 Å². The van der Waals surface area contributed by atoms with Crippen LogP contribution in [-0.2, 0) is 25.9 Å². The van der Waals surface area contributed by atoms with Gasteiger partial charge in [-0.15, -0.1) is 0 Å². The van der Waals surface area contributed by atoms with E-state index in [9.17, 15) is 18.9 Å². The molecule has 0 saturated carbocycles. The number of hydrogen-bond acceptors (Lipinski definition) is 4. The number of hydrogen-bond donors (Lipinski definition) is 0. The normalized spacial score (nSPS) is 10.4. The van der Waals surface area contributed by atoms with E-state index < -0.39 is 16.1 Å². The minimum atomic E-state index is -2.40. The van der Waals surface area contributed by atoms with Crippen LogP contribution in [0.2, 0.25) is 0 Å². The fraction of sp³-hybridized carbons (Fsp3) is 0. The second-order valence-electron chi connectivity index (χ2n) is 3.19. The van der Waals surface area contributed by atoms with Crippen LogP contribution in [0, 0.1) is 0 Å². The summed E-state index contributed by atoms with van der Waals surface area (Å²) in [7, 11) is -4.79. The van der Waals surface area contributed by atoms with Gasteiger partial charge in [-0.3, -0.25) is 0 Å². The van der Waals surface area contributed by atoms with Crippen molar-refractivity contribution in [1.82, 2.24) is 0 Å². The van der Waals surface area contributed by atoms with E-state index in [1.54, 1.807) is 60.7 Å². The summed E-state index contributed by atoms with van der Waals surface area (Å²) in [6.45, 7) is 0. The first kappa shape index (κ1) is 18.1. The summed E-state index contributed by atoms with van der Waals surface area (Å²) in [5, 5.41) is 0.736. The molecule has 99 valence electrons.